The zero-order valence-electron chi connectivity index (χ0n) is 12.3. The van der Waals surface area contributed by atoms with E-state index >= 15 is 0 Å². The smallest absolute Gasteiger partial charge is 0.224 e. The summed E-state index contributed by atoms with van der Waals surface area (Å²) in [6.45, 7) is 0.724. The highest BCUT2D eigenvalue weighted by molar-refractivity contribution is 5.78. The van der Waals surface area contributed by atoms with Gasteiger partial charge in [0, 0.05) is 31.4 Å². The first-order valence-electron chi connectivity index (χ1n) is 7.53. The second kappa shape index (κ2) is 7.13. The van der Waals surface area contributed by atoms with Crippen LogP contribution in [0.5, 0.6) is 0 Å². The number of hydrogen-bond acceptors (Lipinski definition) is 4. The van der Waals surface area contributed by atoms with Crippen molar-refractivity contribution in [1.29, 1.82) is 0 Å². The van der Waals surface area contributed by atoms with Crippen molar-refractivity contribution in [1.82, 2.24) is 15.3 Å². The van der Waals surface area contributed by atoms with Crippen LogP contribution >= 0.6 is 0 Å². The lowest BCUT2D eigenvalue weighted by Crippen LogP contribution is -2.43. The molecular formula is C17H19N3O2. The molecule has 5 heteroatoms. The van der Waals surface area contributed by atoms with Gasteiger partial charge in [-0.15, -0.1) is 0 Å². The summed E-state index contributed by atoms with van der Waals surface area (Å²) in [5.41, 5.74) is 1.97. The lowest BCUT2D eigenvalue weighted by Gasteiger charge is -2.32. The van der Waals surface area contributed by atoms with E-state index in [0.29, 0.717) is 6.42 Å². The van der Waals surface area contributed by atoms with Crippen LogP contribution in [0.15, 0.2) is 49.1 Å². The zero-order valence-corrected chi connectivity index (χ0v) is 12.3. The highest BCUT2D eigenvalue weighted by Crippen LogP contribution is 2.28. The number of hydrogen-bond donors (Lipinski definition) is 1. The molecule has 2 aromatic rings. The Kier molecular flexibility index (Phi) is 4.75. The molecule has 2 aromatic heterocycles. The third-order valence-electron chi connectivity index (χ3n) is 3.79. The summed E-state index contributed by atoms with van der Waals surface area (Å²) < 4.78 is 5.87. The average molecular weight is 297 g/mol. The van der Waals surface area contributed by atoms with Crippen LogP contribution < -0.4 is 5.32 Å². The number of carbonyl (C=O) groups is 1. The van der Waals surface area contributed by atoms with Crippen molar-refractivity contribution < 1.29 is 9.53 Å². The third-order valence-corrected chi connectivity index (χ3v) is 3.79. The molecule has 0 aromatic carbocycles. The summed E-state index contributed by atoms with van der Waals surface area (Å²) in [6, 6.07) is 7.63. The molecule has 1 aliphatic heterocycles. The van der Waals surface area contributed by atoms with E-state index in [9.17, 15) is 4.79 Å². The predicted octanol–water partition coefficient (Wildman–Crippen LogP) is 2.06. The molecule has 1 fully saturated rings. The highest BCUT2D eigenvalue weighted by atomic mass is 16.5. The Hall–Kier alpha value is -2.27. The Balaban J connectivity index is 1.65. The van der Waals surface area contributed by atoms with Gasteiger partial charge in [-0.1, -0.05) is 6.07 Å². The van der Waals surface area contributed by atoms with Gasteiger partial charge in [-0.2, -0.15) is 0 Å². The second-order valence-electron chi connectivity index (χ2n) is 5.43. The van der Waals surface area contributed by atoms with Crippen LogP contribution in [0.4, 0.5) is 0 Å². The van der Waals surface area contributed by atoms with Gasteiger partial charge in [0.1, 0.15) is 6.10 Å². The number of rotatable bonds is 4. The molecule has 1 aliphatic rings. The monoisotopic (exact) mass is 297 g/mol. The Morgan fingerprint density at radius 1 is 1.23 bits per heavy atom. The van der Waals surface area contributed by atoms with Crippen LogP contribution in [0, 0.1) is 0 Å². The van der Waals surface area contributed by atoms with E-state index in [-0.39, 0.29) is 18.1 Å². The van der Waals surface area contributed by atoms with Gasteiger partial charge in [0.25, 0.3) is 0 Å². The first-order chi connectivity index (χ1) is 10.8. The summed E-state index contributed by atoms with van der Waals surface area (Å²) in [5, 5.41) is 3.10. The quantitative estimate of drug-likeness (QED) is 0.938. The lowest BCUT2D eigenvalue weighted by atomic mass is 9.96. The maximum atomic E-state index is 12.3. The molecule has 1 saturated heterocycles. The predicted molar refractivity (Wildman–Crippen MR) is 82.0 cm³/mol. The summed E-state index contributed by atoms with van der Waals surface area (Å²) in [4.78, 5) is 20.3. The SMILES string of the molecule is O=C(Cc1cccnc1)N[C@H]1CCCO[C@@H]1c1ccncc1. The molecular weight excluding hydrogens is 278 g/mol. The molecule has 0 unspecified atom stereocenters. The van der Waals surface area contributed by atoms with Crippen molar-refractivity contribution in [2.45, 2.75) is 31.4 Å². The van der Waals surface area contributed by atoms with E-state index in [4.69, 9.17) is 4.74 Å². The first kappa shape index (κ1) is 14.7. The molecule has 0 bridgehead atoms. The average Bonchev–Trinajstić information content (AvgIpc) is 2.57. The minimum absolute atomic E-state index is 0.000298. The van der Waals surface area contributed by atoms with E-state index in [0.717, 1.165) is 30.6 Å². The van der Waals surface area contributed by atoms with Gasteiger partial charge >= 0.3 is 0 Å². The maximum Gasteiger partial charge on any atom is 0.224 e. The van der Waals surface area contributed by atoms with Crippen LogP contribution in [0.2, 0.25) is 0 Å². The van der Waals surface area contributed by atoms with E-state index in [1.807, 2.05) is 24.3 Å². The normalized spacial score (nSPS) is 21.3. The minimum atomic E-state index is -0.102. The summed E-state index contributed by atoms with van der Waals surface area (Å²) >= 11 is 0. The molecule has 0 spiro atoms. The van der Waals surface area contributed by atoms with Crippen LogP contribution in [-0.2, 0) is 16.0 Å². The van der Waals surface area contributed by atoms with Crippen LogP contribution in [0.1, 0.15) is 30.1 Å². The number of ether oxygens (including phenoxy) is 1. The van der Waals surface area contributed by atoms with E-state index < -0.39 is 0 Å². The number of pyridine rings is 2. The van der Waals surface area contributed by atoms with Crippen molar-refractivity contribution in [2.24, 2.45) is 0 Å². The van der Waals surface area contributed by atoms with E-state index in [1.54, 1.807) is 24.8 Å². The van der Waals surface area contributed by atoms with Crippen molar-refractivity contribution in [3.05, 3.63) is 60.2 Å². The molecule has 1 amide bonds. The molecule has 1 N–H and O–H groups in total. The van der Waals surface area contributed by atoms with Gasteiger partial charge in [0.05, 0.1) is 12.5 Å². The number of nitrogens with zero attached hydrogens (tertiary/aromatic N) is 2. The standard InChI is InChI=1S/C17H19N3O2/c21-16(11-13-3-1-7-19-12-13)20-15-4-2-10-22-17(15)14-5-8-18-9-6-14/h1,3,5-9,12,15,17H,2,4,10-11H2,(H,20,21)/t15-,17+/m0/s1. The fourth-order valence-corrected chi connectivity index (χ4v) is 2.76. The molecule has 114 valence electrons. The van der Waals surface area contributed by atoms with Crippen molar-refractivity contribution >= 4 is 5.91 Å². The second-order valence-corrected chi connectivity index (χ2v) is 5.43. The molecule has 3 rings (SSSR count). The van der Waals surface area contributed by atoms with Crippen LogP contribution in [0.25, 0.3) is 0 Å². The van der Waals surface area contributed by atoms with Gasteiger partial charge in [-0.25, -0.2) is 0 Å². The Morgan fingerprint density at radius 3 is 2.86 bits per heavy atom. The topological polar surface area (TPSA) is 64.1 Å². The summed E-state index contributed by atoms with van der Waals surface area (Å²) in [5.74, 6) is 0.00237. The molecule has 5 nitrogen and oxygen atoms in total. The van der Waals surface area contributed by atoms with Crippen molar-refractivity contribution in [3.8, 4) is 0 Å². The number of aromatic nitrogens is 2. The maximum absolute atomic E-state index is 12.3. The number of carbonyl (C=O) groups excluding carboxylic acids is 1. The fraction of sp³-hybridized carbons (Fsp3) is 0.353. The molecule has 22 heavy (non-hydrogen) atoms. The van der Waals surface area contributed by atoms with Gasteiger partial charge in [-0.3, -0.25) is 14.8 Å². The highest BCUT2D eigenvalue weighted by Gasteiger charge is 2.28. The minimum Gasteiger partial charge on any atom is -0.371 e. The molecule has 0 radical (unpaired) electrons. The van der Waals surface area contributed by atoms with Gasteiger partial charge in [-0.05, 0) is 42.2 Å². The van der Waals surface area contributed by atoms with Crippen LogP contribution in [-0.4, -0.2) is 28.5 Å². The molecule has 0 aliphatic carbocycles. The molecule has 2 atom stereocenters. The largest absolute Gasteiger partial charge is 0.371 e. The summed E-state index contributed by atoms with van der Waals surface area (Å²) in [6.07, 6.45) is 9.05. The van der Waals surface area contributed by atoms with E-state index in [2.05, 4.69) is 15.3 Å². The zero-order chi connectivity index (χ0) is 15.2. The van der Waals surface area contributed by atoms with Crippen molar-refractivity contribution in [2.75, 3.05) is 6.61 Å². The number of amides is 1. The third kappa shape index (κ3) is 3.68. The van der Waals surface area contributed by atoms with Crippen LogP contribution in [0.3, 0.4) is 0 Å². The molecule has 3 heterocycles. The number of nitrogens with one attached hydrogen (secondary N) is 1. The van der Waals surface area contributed by atoms with E-state index in [1.165, 1.54) is 0 Å². The summed E-state index contributed by atoms with van der Waals surface area (Å²) in [7, 11) is 0. The first-order valence-corrected chi connectivity index (χ1v) is 7.53. The van der Waals surface area contributed by atoms with Gasteiger partial charge < -0.3 is 10.1 Å². The Bertz CT molecular complexity index is 604. The lowest BCUT2D eigenvalue weighted by molar-refractivity contribution is -0.123. The van der Waals surface area contributed by atoms with Crippen molar-refractivity contribution in [3.63, 3.8) is 0 Å². The van der Waals surface area contributed by atoms with Gasteiger partial charge in [0.2, 0.25) is 5.91 Å². The Labute approximate surface area is 129 Å². The van der Waals surface area contributed by atoms with Gasteiger partial charge in [0.15, 0.2) is 0 Å². The fourth-order valence-electron chi connectivity index (χ4n) is 2.76. The Morgan fingerprint density at radius 2 is 2.09 bits per heavy atom. The molecule has 0 saturated carbocycles.